The van der Waals surface area contributed by atoms with Crippen LogP contribution in [-0.2, 0) is 11.2 Å². The smallest absolute Gasteiger partial charge is 0.237 e. The standard InChI is InChI=1S/C17H27N3O/c1-12(2)11-19-17(21)13(3)20-9-8-14-6-4-5-7-15(14)16(20)10-18/h4-7,12-13,16H,8-11,18H2,1-3H3,(H,19,21). The summed E-state index contributed by atoms with van der Waals surface area (Å²) in [5.74, 6) is 0.565. The van der Waals surface area contributed by atoms with Crippen molar-refractivity contribution >= 4 is 5.91 Å². The van der Waals surface area contributed by atoms with Gasteiger partial charge in [-0.05, 0) is 30.4 Å². The molecule has 116 valence electrons. The van der Waals surface area contributed by atoms with Crippen LogP contribution in [0.1, 0.15) is 37.9 Å². The third-order valence-corrected chi connectivity index (χ3v) is 4.24. The third-order valence-electron chi connectivity index (χ3n) is 4.24. The topological polar surface area (TPSA) is 58.4 Å². The van der Waals surface area contributed by atoms with Crippen LogP contribution in [-0.4, -0.2) is 36.5 Å². The van der Waals surface area contributed by atoms with Crippen molar-refractivity contribution in [1.29, 1.82) is 0 Å². The van der Waals surface area contributed by atoms with Gasteiger partial charge >= 0.3 is 0 Å². The molecule has 4 nitrogen and oxygen atoms in total. The number of nitrogens with two attached hydrogens (primary N) is 1. The summed E-state index contributed by atoms with van der Waals surface area (Å²) < 4.78 is 0. The summed E-state index contributed by atoms with van der Waals surface area (Å²) in [6.07, 6.45) is 0.981. The molecule has 21 heavy (non-hydrogen) atoms. The molecule has 1 aromatic carbocycles. The van der Waals surface area contributed by atoms with Crippen molar-refractivity contribution in [2.45, 2.75) is 39.3 Å². The van der Waals surface area contributed by atoms with Gasteiger partial charge in [-0.25, -0.2) is 0 Å². The van der Waals surface area contributed by atoms with E-state index in [2.05, 4.69) is 48.3 Å². The van der Waals surface area contributed by atoms with Gasteiger partial charge in [-0.1, -0.05) is 38.1 Å². The van der Waals surface area contributed by atoms with Gasteiger partial charge in [0.1, 0.15) is 0 Å². The van der Waals surface area contributed by atoms with Crippen LogP contribution in [0.3, 0.4) is 0 Å². The Labute approximate surface area is 127 Å². The van der Waals surface area contributed by atoms with Crippen molar-refractivity contribution < 1.29 is 4.79 Å². The van der Waals surface area contributed by atoms with Gasteiger partial charge in [-0.2, -0.15) is 0 Å². The van der Waals surface area contributed by atoms with Crippen LogP contribution in [0.5, 0.6) is 0 Å². The first kappa shape index (κ1) is 16.0. The van der Waals surface area contributed by atoms with Crippen LogP contribution in [0.15, 0.2) is 24.3 Å². The average molecular weight is 289 g/mol. The fourth-order valence-electron chi connectivity index (χ4n) is 3.00. The molecule has 0 fully saturated rings. The number of nitrogens with one attached hydrogen (secondary N) is 1. The number of hydrogen-bond donors (Lipinski definition) is 2. The summed E-state index contributed by atoms with van der Waals surface area (Å²) in [5, 5.41) is 3.03. The summed E-state index contributed by atoms with van der Waals surface area (Å²) in [7, 11) is 0. The Bertz CT molecular complexity index is 487. The number of hydrogen-bond acceptors (Lipinski definition) is 3. The fraction of sp³-hybridized carbons (Fsp3) is 0.588. The van der Waals surface area contributed by atoms with Crippen molar-refractivity contribution in [3.63, 3.8) is 0 Å². The second kappa shape index (κ2) is 7.05. The molecule has 0 bridgehead atoms. The lowest BCUT2D eigenvalue weighted by molar-refractivity contribution is -0.127. The molecule has 2 atom stereocenters. The van der Waals surface area contributed by atoms with Crippen LogP contribution in [0.25, 0.3) is 0 Å². The Morgan fingerprint density at radius 2 is 2.10 bits per heavy atom. The van der Waals surface area contributed by atoms with Crippen molar-refractivity contribution in [3.8, 4) is 0 Å². The molecule has 1 aliphatic heterocycles. The van der Waals surface area contributed by atoms with E-state index in [0.717, 1.165) is 19.5 Å². The van der Waals surface area contributed by atoms with Gasteiger partial charge in [0.25, 0.3) is 0 Å². The van der Waals surface area contributed by atoms with Gasteiger partial charge in [0, 0.05) is 25.7 Å². The molecule has 1 aliphatic rings. The fourth-order valence-corrected chi connectivity index (χ4v) is 3.00. The number of nitrogens with zero attached hydrogens (tertiary/aromatic N) is 1. The Morgan fingerprint density at radius 3 is 2.76 bits per heavy atom. The molecule has 0 radical (unpaired) electrons. The second-order valence-electron chi connectivity index (χ2n) is 6.25. The highest BCUT2D eigenvalue weighted by molar-refractivity contribution is 5.81. The first-order chi connectivity index (χ1) is 10.0. The van der Waals surface area contributed by atoms with Gasteiger partial charge in [0.15, 0.2) is 0 Å². The lowest BCUT2D eigenvalue weighted by Crippen LogP contribution is -2.51. The number of rotatable bonds is 5. The minimum atomic E-state index is -0.148. The Morgan fingerprint density at radius 1 is 1.38 bits per heavy atom. The molecule has 0 saturated carbocycles. The first-order valence-corrected chi connectivity index (χ1v) is 7.86. The van der Waals surface area contributed by atoms with Crippen LogP contribution in [0.2, 0.25) is 0 Å². The molecule has 2 unspecified atom stereocenters. The largest absolute Gasteiger partial charge is 0.354 e. The van der Waals surface area contributed by atoms with E-state index >= 15 is 0 Å². The molecule has 0 saturated heterocycles. The lowest BCUT2D eigenvalue weighted by atomic mass is 9.91. The van der Waals surface area contributed by atoms with E-state index in [4.69, 9.17) is 5.73 Å². The molecular weight excluding hydrogens is 262 g/mol. The highest BCUT2D eigenvalue weighted by atomic mass is 16.2. The zero-order chi connectivity index (χ0) is 15.4. The third kappa shape index (κ3) is 3.63. The first-order valence-electron chi connectivity index (χ1n) is 7.86. The van der Waals surface area contributed by atoms with Crippen molar-refractivity contribution in [3.05, 3.63) is 35.4 Å². The highest BCUT2D eigenvalue weighted by Gasteiger charge is 2.32. The molecule has 1 aromatic rings. The van der Waals surface area contributed by atoms with E-state index in [9.17, 15) is 4.79 Å². The van der Waals surface area contributed by atoms with Crippen LogP contribution in [0, 0.1) is 5.92 Å². The molecular formula is C17H27N3O. The van der Waals surface area contributed by atoms with Gasteiger partial charge in [-0.3, -0.25) is 9.69 Å². The maximum absolute atomic E-state index is 12.3. The van der Waals surface area contributed by atoms with Gasteiger partial charge in [-0.15, -0.1) is 0 Å². The minimum absolute atomic E-state index is 0.0986. The molecule has 0 aromatic heterocycles. The van der Waals surface area contributed by atoms with E-state index in [-0.39, 0.29) is 18.0 Å². The lowest BCUT2D eigenvalue weighted by Gasteiger charge is -2.40. The van der Waals surface area contributed by atoms with E-state index < -0.39 is 0 Å². The van der Waals surface area contributed by atoms with Crippen LogP contribution >= 0.6 is 0 Å². The van der Waals surface area contributed by atoms with Gasteiger partial charge in [0.05, 0.1) is 6.04 Å². The van der Waals surface area contributed by atoms with Gasteiger partial charge < -0.3 is 11.1 Å². The summed E-state index contributed by atoms with van der Waals surface area (Å²) in [6.45, 7) is 8.33. The molecule has 4 heteroatoms. The predicted octanol–water partition coefficient (Wildman–Crippen LogP) is 1.71. The number of carbonyl (C=O) groups excluding carboxylic acids is 1. The van der Waals surface area contributed by atoms with Crippen molar-refractivity contribution in [2.24, 2.45) is 11.7 Å². The normalized spacial score (nSPS) is 20.1. The van der Waals surface area contributed by atoms with Gasteiger partial charge in [0.2, 0.25) is 5.91 Å². The number of carbonyl (C=O) groups is 1. The maximum Gasteiger partial charge on any atom is 0.237 e. The molecule has 2 rings (SSSR count). The predicted molar refractivity (Wildman–Crippen MR) is 86.0 cm³/mol. The molecule has 0 spiro atoms. The average Bonchev–Trinajstić information content (AvgIpc) is 2.50. The van der Waals surface area contributed by atoms with E-state index in [0.29, 0.717) is 12.5 Å². The number of amides is 1. The van der Waals surface area contributed by atoms with Crippen LogP contribution < -0.4 is 11.1 Å². The highest BCUT2D eigenvalue weighted by Crippen LogP contribution is 2.30. The Hall–Kier alpha value is -1.39. The zero-order valence-electron chi connectivity index (χ0n) is 13.3. The van der Waals surface area contributed by atoms with Crippen molar-refractivity contribution in [2.75, 3.05) is 19.6 Å². The van der Waals surface area contributed by atoms with E-state index in [1.165, 1.54) is 11.1 Å². The summed E-state index contributed by atoms with van der Waals surface area (Å²) in [4.78, 5) is 14.6. The summed E-state index contributed by atoms with van der Waals surface area (Å²) in [5.41, 5.74) is 8.63. The zero-order valence-corrected chi connectivity index (χ0v) is 13.3. The van der Waals surface area contributed by atoms with Crippen LogP contribution in [0.4, 0.5) is 0 Å². The summed E-state index contributed by atoms with van der Waals surface area (Å²) >= 11 is 0. The molecule has 3 N–H and O–H groups in total. The monoisotopic (exact) mass is 289 g/mol. The number of benzene rings is 1. The van der Waals surface area contributed by atoms with E-state index in [1.807, 2.05) is 6.92 Å². The number of fused-ring (bicyclic) bond motifs is 1. The quantitative estimate of drug-likeness (QED) is 0.867. The Balaban J connectivity index is 2.11. The molecule has 1 amide bonds. The maximum atomic E-state index is 12.3. The molecule has 0 aliphatic carbocycles. The minimum Gasteiger partial charge on any atom is -0.354 e. The van der Waals surface area contributed by atoms with E-state index in [1.54, 1.807) is 0 Å². The summed E-state index contributed by atoms with van der Waals surface area (Å²) in [6, 6.07) is 8.41. The second-order valence-corrected chi connectivity index (χ2v) is 6.25. The molecule has 1 heterocycles. The SMILES string of the molecule is CC(C)CNC(=O)C(C)N1CCc2ccccc2C1CN. The Kier molecular flexibility index (Phi) is 5.37. The van der Waals surface area contributed by atoms with Crippen molar-refractivity contribution in [1.82, 2.24) is 10.2 Å².